The third-order valence-electron chi connectivity index (χ3n) is 8.28. The summed E-state index contributed by atoms with van der Waals surface area (Å²) < 4.78 is 94.1. The fourth-order valence-corrected chi connectivity index (χ4v) is 6.42. The number of anilines is 1. The lowest BCUT2D eigenvalue weighted by Crippen LogP contribution is -2.52. The maximum absolute atomic E-state index is 13.1. The summed E-state index contributed by atoms with van der Waals surface area (Å²) in [6, 6.07) is 16.0. The van der Waals surface area contributed by atoms with Gasteiger partial charge >= 0.3 is 12.8 Å². The number of amides is 1. The van der Waals surface area contributed by atoms with Crippen LogP contribution >= 0.6 is 0 Å². The summed E-state index contributed by atoms with van der Waals surface area (Å²) in [4.78, 5) is 15.1. The molecule has 3 aromatic rings. The highest BCUT2D eigenvalue weighted by Crippen LogP contribution is 2.40. The zero-order chi connectivity index (χ0) is 33.0. The predicted octanol–water partition coefficient (Wildman–Crippen LogP) is 6.13. The fraction of sp³-hybridized carbons (Fsp3) is 0.406. The van der Waals surface area contributed by atoms with Crippen molar-refractivity contribution in [3.8, 4) is 0 Å². The number of hydrogen-bond donors (Lipinski definition) is 2. The third kappa shape index (κ3) is 8.19. The highest BCUT2D eigenvalue weighted by Gasteiger charge is 2.39. The van der Waals surface area contributed by atoms with E-state index < -0.39 is 58.2 Å². The van der Waals surface area contributed by atoms with E-state index in [4.69, 9.17) is 0 Å². The Balaban J connectivity index is 1.52. The van der Waals surface area contributed by atoms with Crippen LogP contribution in [0.1, 0.15) is 59.8 Å². The van der Waals surface area contributed by atoms with Crippen LogP contribution < -0.4 is 10.2 Å². The number of benzene rings is 3. The van der Waals surface area contributed by atoms with E-state index in [0.29, 0.717) is 36.2 Å². The maximum Gasteiger partial charge on any atom is 0.416 e. The van der Waals surface area contributed by atoms with Crippen molar-refractivity contribution in [3.63, 3.8) is 0 Å². The molecule has 1 heterocycles. The molecule has 1 aliphatic rings. The van der Waals surface area contributed by atoms with Gasteiger partial charge in [0.25, 0.3) is 5.91 Å². The Morgan fingerprint density at radius 3 is 2.20 bits per heavy atom. The summed E-state index contributed by atoms with van der Waals surface area (Å²) in [6.07, 6.45) is -3.51. The molecular formula is C32H35F5N2O5S. The second kappa shape index (κ2) is 13.8. The first-order valence-corrected chi connectivity index (χ1v) is 16.0. The van der Waals surface area contributed by atoms with Gasteiger partial charge in [0.05, 0.1) is 41.5 Å². The van der Waals surface area contributed by atoms with Gasteiger partial charge in [-0.1, -0.05) is 38.1 Å². The number of carbonyl (C=O) groups is 1. The van der Waals surface area contributed by atoms with Crippen LogP contribution in [0.3, 0.4) is 0 Å². The van der Waals surface area contributed by atoms with Crippen molar-refractivity contribution in [2.24, 2.45) is 0 Å². The average Bonchev–Trinajstić information content (AvgIpc) is 3.02. The van der Waals surface area contributed by atoms with E-state index in [-0.39, 0.29) is 22.8 Å². The maximum atomic E-state index is 13.1. The molecule has 7 nitrogen and oxygen atoms in total. The number of piperidine rings is 1. The van der Waals surface area contributed by atoms with Crippen LogP contribution in [0.25, 0.3) is 0 Å². The van der Waals surface area contributed by atoms with Crippen LogP contribution in [-0.2, 0) is 26.2 Å². The first-order valence-electron chi connectivity index (χ1n) is 14.4. The molecular weight excluding hydrogens is 619 g/mol. The second-order valence-electron chi connectivity index (χ2n) is 11.3. The molecule has 1 aliphatic heterocycles. The van der Waals surface area contributed by atoms with Crippen molar-refractivity contribution >= 4 is 21.4 Å². The van der Waals surface area contributed by atoms with Gasteiger partial charge in [-0.2, -0.15) is 22.0 Å². The van der Waals surface area contributed by atoms with E-state index in [1.807, 2.05) is 11.8 Å². The Morgan fingerprint density at radius 1 is 1.04 bits per heavy atom. The monoisotopic (exact) mass is 654 g/mol. The van der Waals surface area contributed by atoms with Gasteiger partial charge in [-0.25, -0.2) is 8.42 Å². The van der Waals surface area contributed by atoms with Crippen LogP contribution in [0.2, 0.25) is 0 Å². The molecule has 244 valence electrons. The highest BCUT2D eigenvalue weighted by atomic mass is 32.2. The largest absolute Gasteiger partial charge is 0.416 e. The van der Waals surface area contributed by atoms with Crippen LogP contribution in [0.5, 0.6) is 0 Å². The van der Waals surface area contributed by atoms with Crippen molar-refractivity contribution in [2.45, 2.75) is 61.9 Å². The molecule has 4 rings (SSSR count). The normalized spacial score (nSPS) is 19.8. The molecule has 0 aliphatic carbocycles. The summed E-state index contributed by atoms with van der Waals surface area (Å²) in [5.41, 5.74) is 0.700. The molecule has 45 heavy (non-hydrogen) atoms. The molecule has 1 fully saturated rings. The molecule has 0 saturated carbocycles. The molecule has 0 spiro atoms. The van der Waals surface area contributed by atoms with E-state index in [1.54, 1.807) is 24.3 Å². The van der Waals surface area contributed by atoms with Crippen LogP contribution in [0.4, 0.5) is 27.6 Å². The molecule has 0 bridgehead atoms. The van der Waals surface area contributed by atoms with Gasteiger partial charge in [0.15, 0.2) is 9.84 Å². The van der Waals surface area contributed by atoms with Gasteiger partial charge in [0, 0.05) is 23.2 Å². The first kappa shape index (κ1) is 34.3. The number of rotatable bonds is 11. The number of halogens is 5. The smallest absolute Gasteiger partial charge is 0.394 e. The summed E-state index contributed by atoms with van der Waals surface area (Å²) in [6.45, 7) is 0.0792. The molecule has 0 aromatic heterocycles. The Hall–Kier alpha value is -3.55. The number of aliphatic hydroxyl groups excluding tert-OH is 1. The minimum atomic E-state index is -4.47. The number of nitrogens with zero attached hydrogens (tertiary/aromatic N) is 1. The van der Waals surface area contributed by atoms with Gasteiger partial charge in [-0.05, 0) is 72.5 Å². The average molecular weight is 655 g/mol. The van der Waals surface area contributed by atoms with Crippen molar-refractivity contribution in [1.82, 2.24) is 5.32 Å². The van der Waals surface area contributed by atoms with Gasteiger partial charge < -0.3 is 20.1 Å². The zero-order valence-electron chi connectivity index (χ0n) is 24.7. The molecule has 3 aromatic carbocycles. The summed E-state index contributed by atoms with van der Waals surface area (Å²) >= 11 is 0. The Morgan fingerprint density at radius 2 is 1.67 bits per heavy atom. The lowest BCUT2D eigenvalue weighted by atomic mass is 9.74. The number of nitrogens with one attached hydrogen (secondary N) is 1. The van der Waals surface area contributed by atoms with Crippen molar-refractivity contribution in [2.75, 3.05) is 30.4 Å². The predicted molar refractivity (Wildman–Crippen MR) is 159 cm³/mol. The standard InChI is InChI=1S/C32H35F5N2O5S/c1-3-45(42,43)27-14-6-21(7-15-27)28(18-40)38-29(41)22-4-12-25(13-5-22)39-20-31(2,17-16-26(39)19-44-30(33)34)23-8-10-24(11-9-23)32(35,36)37/h4-15,26,28,30,40H,3,16-20H2,1-2H3,(H,38,41)/t26-,28-,31?/m0/s1. The molecule has 1 amide bonds. The van der Waals surface area contributed by atoms with Crippen LogP contribution in [0, 0.1) is 0 Å². The number of hydrogen-bond acceptors (Lipinski definition) is 6. The Labute approximate surface area is 258 Å². The topological polar surface area (TPSA) is 95.9 Å². The Kier molecular flexibility index (Phi) is 10.6. The lowest BCUT2D eigenvalue weighted by molar-refractivity contribution is -0.137. The number of carbonyl (C=O) groups excluding carboxylic acids is 1. The van der Waals surface area contributed by atoms with E-state index in [2.05, 4.69) is 10.1 Å². The van der Waals surface area contributed by atoms with Gasteiger partial charge in [0.2, 0.25) is 0 Å². The molecule has 0 radical (unpaired) electrons. The van der Waals surface area contributed by atoms with Gasteiger partial charge in [-0.3, -0.25) is 4.79 Å². The van der Waals surface area contributed by atoms with Gasteiger partial charge in [0.1, 0.15) is 0 Å². The summed E-state index contributed by atoms with van der Waals surface area (Å²) in [5, 5.41) is 12.6. The molecule has 3 atom stereocenters. The van der Waals surface area contributed by atoms with Crippen molar-refractivity contribution in [1.29, 1.82) is 0 Å². The number of aliphatic hydroxyl groups is 1. The van der Waals surface area contributed by atoms with Gasteiger partial charge in [-0.15, -0.1) is 0 Å². The van der Waals surface area contributed by atoms with Crippen molar-refractivity contribution < 1.29 is 45.0 Å². The minimum Gasteiger partial charge on any atom is -0.394 e. The Bertz CT molecular complexity index is 1550. The number of sulfone groups is 1. The lowest BCUT2D eigenvalue weighted by Gasteiger charge is -2.47. The summed E-state index contributed by atoms with van der Waals surface area (Å²) in [5.74, 6) is -0.564. The highest BCUT2D eigenvalue weighted by molar-refractivity contribution is 7.91. The fourth-order valence-electron chi connectivity index (χ4n) is 5.54. The van der Waals surface area contributed by atoms with Crippen LogP contribution in [0.15, 0.2) is 77.7 Å². The second-order valence-corrected chi connectivity index (χ2v) is 13.6. The van der Waals surface area contributed by atoms with E-state index in [0.717, 1.165) is 12.1 Å². The molecule has 1 unspecified atom stereocenters. The number of ether oxygens (including phenoxy) is 1. The number of alkyl halides is 5. The molecule has 1 saturated heterocycles. The molecule has 2 N–H and O–H groups in total. The van der Waals surface area contributed by atoms with E-state index >= 15 is 0 Å². The quantitative estimate of drug-likeness (QED) is 0.242. The SMILES string of the molecule is CCS(=O)(=O)c1ccc([C@H](CO)NC(=O)c2ccc(N3CC(C)(c4ccc(C(F)(F)F)cc4)CC[C@H]3COC(F)F)cc2)cc1. The zero-order valence-corrected chi connectivity index (χ0v) is 25.5. The van der Waals surface area contributed by atoms with Crippen molar-refractivity contribution in [3.05, 3.63) is 95.1 Å². The third-order valence-corrected chi connectivity index (χ3v) is 10.0. The van der Waals surface area contributed by atoms with E-state index in [9.17, 15) is 40.3 Å². The van der Waals surface area contributed by atoms with E-state index in [1.165, 1.54) is 43.3 Å². The molecule has 13 heteroatoms. The summed E-state index contributed by atoms with van der Waals surface area (Å²) in [7, 11) is -3.41. The minimum absolute atomic E-state index is 0.0613. The first-order chi connectivity index (χ1) is 21.2. The van der Waals surface area contributed by atoms with Crippen LogP contribution in [-0.4, -0.2) is 57.6 Å².